The second kappa shape index (κ2) is 4.07. The summed E-state index contributed by atoms with van der Waals surface area (Å²) in [6.07, 6.45) is 2.27. The third kappa shape index (κ3) is 1.70. The first-order valence-electron chi connectivity index (χ1n) is 5.98. The smallest absolute Gasteiger partial charge is 0.115 e. The minimum absolute atomic E-state index is 0.390. The van der Waals surface area contributed by atoms with Gasteiger partial charge in [-0.3, -0.25) is 4.90 Å². The maximum Gasteiger partial charge on any atom is 0.115 e. The Balaban J connectivity index is 1.84. The van der Waals surface area contributed by atoms with Crippen LogP contribution < -0.4 is 0 Å². The second-order valence-electron chi connectivity index (χ2n) is 4.59. The largest absolute Gasteiger partial charge is 0.508 e. The Bertz CT molecular complexity index is 386. The van der Waals surface area contributed by atoms with Crippen LogP contribution in [0.3, 0.4) is 0 Å². The zero-order valence-corrected chi connectivity index (χ0v) is 9.35. The molecule has 1 aromatic carbocycles. The Morgan fingerprint density at radius 2 is 2.06 bits per heavy atom. The van der Waals surface area contributed by atoms with E-state index in [2.05, 4.69) is 11.0 Å². The summed E-state index contributed by atoms with van der Waals surface area (Å²) < 4.78 is 5.38. The van der Waals surface area contributed by atoms with Gasteiger partial charge in [0, 0.05) is 19.1 Å². The van der Waals surface area contributed by atoms with Crippen LogP contribution in [0.1, 0.15) is 23.6 Å². The maximum atomic E-state index is 9.46. The first kappa shape index (κ1) is 10.1. The summed E-state index contributed by atoms with van der Waals surface area (Å²) in [4.78, 5) is 2.51. The van der Waals surface area contributed by atoms with Crippen molar-refractivity contribution >= 4 is 0 Å². The molecule has 0 spiro atoms. The zero-order valence-electron chi connectivity index (χ0n) is 9.35. The van der Waals surface area contributed by atoms with E-state index in [0.717, 1.165) is 32.7 Å². The Morgan fingerprint density at radius 1 is 1.25 bits per heavy atom. The van der Waals surface area contributed by atoms with Crippen molar-refractivity contribution in [3.8, 4) is 5.75 Å². The van der Waals surface area contributed by atoms with Crippen LogP contribution in [0.15, 0.2) is 18.2 Å². The monoisotopic (exact) mass is 219 g/mol. The van der Waals surface area contributed by atoms with Crippen molar-refractivity contribution in [3.63, 3.8) is 0 Å². The summed E-state index contributed by atoms with van der Waals surface area (Å²) in [6.45, 7) is 3.77. The van der Waals surface area contributed by atoms with Gasteiger partial charge >= 0.3 is 0 Å². The van der Waals surface area contributed by atoms with E-state index in [-0.39, 0.29) is 0 Å². The number of hydrogen-bond donors (Lipinski definition) is 1. The molecule has 1 saturated heterocycles. The van der Waals surface area contributed by atoms with Crippen LogP contribution >= 0.6 is 0 Å². The van der Waals surface area contributed by atoms with Crippen LogP contribution in [0.25, 0.3) is 0 Å². The normalized spacial score (nSPS) is 25.6. The molecular formula is C13H17NO2. The van der Waals surface area contributed by atoms with E-state index in [1.54, 1.807) is 6.07 Å². The fourth-order valence-corrected chi connectivity index (χ4v) is 2.85. The van der Waals surface area contributed by atoms with E-state index in [0.29, 0.717) is 11.8 Å². The molecule has 0 saturated carbocycles. The summed E-state index contributed by atoms with van der Waals surface area (Å²) in [6, 6.07) is 6.34. The van der Waals surface area contributed by atoms with Crippen molar-refractivity contribution in [1.82, 2.24) is 4.90 Å². The lowest BCUT2D eigenvalue weighted by molar-refractivity contribution is 0.0164. The summed E-state index contributed by atoms with van der Waals surface area (Å²) in [5.41, 5.74) is 2.72. The summed E-state index contributed by atoms with van der Waals surface area (Å²) in [5, 5.41) is 9.46. The molecule has 1 N–H and O–H groups in total. The van der Waals surface area contributed by atoms with Crippen LogP contribution in [0.2, 0.25) is 0 Å². The molecule has 16 heavy (non-hydrogen) atoms. The Labute approximate surface area is 95.6 Å². The highest BCUT2D eigenvalue weighted by atomic mass is 16.5. The van der Waals surface area contributed by atoms with E-state index < -0.39 is 0 Å². The molecule has 0 radical (unpaired) electrons. The number of ether oxygens (including phenoxy) is 1. The quantitative estimate of drug-likeness (QED) is 0.780. The van der Waals surface area contributed by atoms with Crippen molar-refractivity contribution in [2.75, 3.05) is 26.3 Å². The van der Waals surface area contributed by atoms with Gasteiger partial charge in [0.15, 0.2) is 0 Å². The SMILES string of the molecule is Oc1ccc2c(c1)CC[C@@H]2N1CCOCC1. The topological polar surface area (TPSA) is 32.7 Å². The van der Waals surface area contributed by atoms with Crippen molar-refractivity contribution < 1.29 is 9.84 Å². The fourth-order valence-electron chi connectivity index (χ4n) is 2.85. The van der Waals surface area contributed by atoms with Gasteiger partial charge < -0.3 is 9.84 Å². The molecule has 0 unspecified atom stereocenters. The van der Waals surface area contributed by atoms with Crippen LogP contribution in [0.5, 0.6) is 5.75 Å². The standard InChI is InChI=1S/C13H17NO2/c15-11-2-3-12-10(9-11)1-4-13(12)14-5-7-16-8-6-14/h2-3,9,13,15H,1,4-8H2/t13-/m0/s1. The number of aromatic hydroxyl groups is 1. The van der Waals surface area contributed by atoms with Crippen LogP contribution in [-0.4, -0.2) is 36.3 Å². The number of aryl methyl sites for hydroxylation is 1. The number of phenolic OH excluding ortho intramolecular Hbond substituents is 1. The molecule has 0 aromatic heterocycles. The van der Waals surface area contributed by atoms with Crippen molar-refractivity contribution in [2.24, 2.45) is 0 Å². The number of phenols is 1. The molecule has 0 amide bonds. The zero-order chi connectivity index (χ0) is 11.0. The van der Waals surface area contributed by atoms with Gasteiger partial charge in [-0.05, 0) is 36.1 Å². The highest BCUT2D eigenvalue weighted by Crippen LogP contribution is 2.37. The highest BCUT2D eigenvalue weighted by Gasteiger charge is 2.28. The third-order valence-corrected chi connectivity index (χ3v) is 3.66. The van der Waals surface area contributed by atoms with Crippen LogP contribution in [-0.2, 0) is 11.2 Å². The van der Waals surface area contributed by atoms with Gasteiger partial charge in [0.25, 0.3) is 0 Å². The van der Waals surface area contributed by atoms with Crippen LogP contribution in [0.4, 0.5) is 0 Å². The van der Waals surface area contributed by atoms with E-state index in [4.69, 9.17) is 4.74 Å². The minimum atomic E-state index is 0.390. The van der Waals surface area contributed by atoms with Gasteiger partial charge in [-0.25, -0.2) is 0 Å². The molecule has 2 aliphatic rings. The first-order chi connectivity index (χ1) is 7.84. The molecule has 3 nitrogen and oxygen atoms in total. The lowest BCUT2D eigenvalue weighted by atomic mass is 10.1. The average molecular weight is 219 g/mol. The molecule has 0 bridgehead atoms. The van der Waals surface area contributed by atoms with Crippen molar-refractivity contribution in [1.29, 1.82) is 0 Å². The first-order valence-corrected chi connectivity index (χ1v) is 5.98. The Hall–Kier alpha value is -1.06. The number of rotatable bonds is 1. The number of hydrogen-bond acceptors (Lipinski definition) is 3. The summed E-state index contributed by atoms with van der Waals surface area (Å²) in [5.74, 6) is 0.390. The molecule has 1 fully saturated rings. The number of benzene rings is 1. The van der Waals surface area contributed by atoms with Gasteiger partial charge in [-0.2, -0.15) is 0 Å². The molecule has 1 heterocycles. The fraction of sp³-hybridized carbons (Fsp3) is 0.538. The lowest BCUT2D eigenvalue weighted by Gasteiger charge is -2.32. The Morgan fingerprint density at radius 3 is 2.88 bits per heavy atom. The molecule has 1 aliphatic heterocycles. The molecular weight excluding hydrogens is 202 g/mol. The van der Waals surface area contributed by atoms with Gasteiger partial charge in [0.2, 0.25) is 0 Å². The molecule has 1 aromatic rings. The van der Waals surface area contributed by atoms with Crippen molar-refractivity contribution in [3.05, 3.63) is 29.3 Å². The summed E-state index contributed by atoms with van der Waals surface area (Å²) in [7, 11) is 0. The van der Waals surface area contributed by atoms with Gasteiger partial charge in [0.1, 0.15) is 5.75 Å². The number of fused-ring (bicyclic) bond motifs is 1. The third-order valence-electron chi connectivity index (χ3n) is 3.66. The van der Waals surface area contributed by atoms with Crippen LogP contribution in [0, 0.1) is 0 Å². The van der Waals surface area contributed by atoms with Gasteiger partial charge in [-0.15, -0.1) is 0 Å². The number of morpholine rings is 1. The van der Waals surface area contributed by atoms with E-state index >= 15 is 0 Å². The number of nitrogens with zero attached hydrogens (tertiary/aromatic N) is 1. The molecule has 1 atom stereocenters. The highest BCUT2D eigenvalue weighted by molar-refractivity contribution is 5.40. The molecule has 3 heteroatoms. The predicted octanol–water partition coefficient (Wildman–Crippen LogP) is 1.71. The van der Waals surface area contributed by atoms with E-state index in [1.807, 2.05) is 6.07 Å². The molecule has 86 valence electrons. The molecule has 1 aliphatic carbocycles. The Kier molecular flexibility index (Phi) is 2.58. The average Bonchev–Trinajstić information content (AvgIpc) is 2.73. The maximum absolute atomic E-state index is 9.46. The lowest BCUT2D eigenvalue weighted by Crippen LogP contribution is -2.38. The van der Waals surface area contributed by atoms with E-state index in [1.165, 1.54) is 17.5 Å². The van der Waals surface area contributed by atoms with Gasteiger partial charge in [-0.1, -0.05) is 6.07 Å². The molecule has 3 rings (SSSR count). The van der Waals surface area contributed by atoms with Gasteiger partial charge in [0.05, 0.1) is 13.2 Å². The minimum Gasteiger partial charge on any atom is -0.508 e. The summed E-state index contributed by atoms with van der Waals surface area (Å²) >= 11 is 0. The second-order valence-corrected chi connectivity index (χ2v) is 4.59. The van der Waals surface area contributed by atoms with E-state index in [9.17, 15) is 5.11 Å². The predicted molar refractivity (Wildman–Crippen MR) is 61.6 cm³/mol. The van der Waals surface area contributed by atoms with Crippen molar-refractivity contribution in [2.45, 2.75) is 18.9 Å².